The monoisotopic (exact) mass is 274 g/mol. The number of hydrogen-bond donors (Lipinski definition) is 0. The van der Waals surface area contributed by atoms with E-state index in [1.165, 1.54) is 14.2 Å². The summed E-state index contributed by atoms with van der Waals surface area (Å²) >= 11 is 0. The molecule has 20 heavy (non-hydrogen) atoms. The van der Waals surface area contributed by atoms with Crippen molar-refractivity contribution in [2.45, 2.75) is 13.3 Å². The third kappa shape index (κ3) is 2.39. The quantitative estimate of drug-likeness (QED) is 0.785. The average Bonchev–Trinajstić information content (AvgIpc) is 2.86. The van der Waals surface area contributed by atoms with E-state index in [2.05, 4.69) is 5.10 Å². The molecule has 0 saturated heterocycles. The van der Waals surface area contributed by atoms with Gasteiger partial charge in [-0.1, -0.05) is 13.0 Å². The first-order chi connectivity index (χ1) is 9.62. The first-order valence-corrected chi connectivity index (χ1v) is 6.41. The Morgan fingerprint density at radius 3 is 2.30 bits per heavy atom. The predicted molar refractivity (Wildman–Crippen MR) is 75.6 cm³/mol. The number of rotatable bonds is 5. The van der Waals surface area contributed by atoms with Crippen LogP contribution in [0.4, 0.5) is 0 Å². The van der Waals surface area contributed by atoms with E-state index < -0.39 is 0 Å². The van der Waals surface area contributed by atoms with Crippen molar-refractivity contribution < 1.29 is 14.3 Å². The molecule has 106 valence electrons. The lowest BCUT2D eigenvalue weighted by atomic mass is 10.1. The first-order valence-electron chi connectivity index (χ1n) is 6.41. The molecule has 0 bridgehead atoms. The topological polar surface area (TPSA) is 53.4 Å². The highest BCUT2D eigenvalue weighted by Gasteiger charge is 2.22. The molecule has 1 aromatic carbocycles. The molecule has 0 N–H and O–H groups in total. The van der Waals surface area contributed by atoms with Gasteiger partial charge in [-0.2, -0.15) is 5.10 Å². The fraction of sp³-hybridized carbons (Fsp3) is 0.333. The van der Waals surface area contributed by atoms with Crippen LogP contribution in [0.5, 0.6) is 11.5 Å². The lowest BCUT2D eigenvalue weighted by Crippen LogP contribution is -2.11. The minimum absolute atomic E-state index is 0.158. The number of carbonyl (C=O) groups is 1. The molecule has 2 aromatic rings. The van der Waals surface area contributed by atoms with E-state index in [0.717, 1.165) is 12.1 Å². The summed E-state index contributed by atoms with van der Waals surface area (Å²) in [6, 6.07) is 7.07. The van der Waals surface area contributed by atoms with E-state index in [0.29, 0.717) is 22.8 Å². The Kier molecular flexibility index (Phi) is 4.08. The van der Waals surface area contributed by atoms with Crippen LogP contribution in [0.15, 0.2) is 24.3 Å². The summed E-state index contributed by atoms with van der Waals surface area (Å²) in [7, 11) is 4.83. The Hall–Kier alpha value is -2.30. The second kappa shape index (κ2) is 5.77. The highest BCUT2D eigenvalue weighted by molar-refractivity contribution is 6.11. The van der Waals surface area contributed by atoms with E-state index >= 15 is 0 Å². The number of aromatic nitrogens is 2. The predicted octanol–water partition coefficient (Wildman–Crippen LogP) is 2.23. The maximum absolute atomic E-state index is 12.7. The lowest BCUT2D eigenvalue weighted by molar-refractivity contribution is 0.102. The molecular formula is C15H18N2O3. The smallest absolute Gasteiger partial charge is 0.218 e. The Morgan fingerprint density at radius 1 is 1.25 bits per heavy atom. The number of methoxy groups -OCH3 is 2. The third-order valence-corrected chi connectivity index (χ3v) is 3.18. The fourth-order valence-corrected chi connectivity index (χ4v) is 2.11. The molecule has 1 heterocycles. The number of ketones is 1. The molecule has 5 heteroatoms. The molecule has 0 saturated carbocycles. The van der Waals surface area contributed by atoms with Gasteiger partial charge < -0.3 is 9.47 Å². The Bertz CT molecular complexity index is 610. The molecule has 5 nitrogen and oxygen atoms in total. The van der Waals surface area contributed by atoms with Gasteiger partial charge in [0, 0.05) is 7.05 Å². The van der Waals surface area contributed by atoms with Gasteiger partial charge in [-0.05, 0) is 24.6 Å². The van der Waals surface area contributed by atoms with Crippen LogP contribution in [0.2, 0.25) is 0 Å². The minimum Gasteiger partial charge on any atom is -0.496 e. The highest BCUT2D eigenvalue weighted by atomic mass is 16.5. The zero-order chi connectivity index (χ0) is 14.7. The Labute approximate surface area is 118 Å². The van der Waals surface area contributed by atoms with Crippen LogP contribution in [0.25, 0.3) is 0 Å². The molecule has 0 amide bonds. The molecule has 0 radical (unpaired) electrons. The number of nitrogens with zero attached hydrogens (tertiary/aromatic N) is 2. The van der Waals surface area contributed by atoms with Gasteiger partial charge in [0.2, 0.25) is 5.78 Å². The summed E-state index contributed by atoms with van der Waals surface area (Å²) in [5, 5.41) is 4.30. The average molecular weight is 274 g/mol. The van der Waals surface area contributed by atoms with Gasteiger partial charge in [-0.3, -0.25) is 9.48 Å². The molecule has 1 aromatic heterocycles. The van der Waals surface area contributed by atoms with E-state index in [-0.39, 0.29) is 5.78 Å². The minimum atomic E-state index is -0.158. The van der Waals surface area contributed by atoms with Gasteiger partial charge in [-0.25, -0.2) is 0 Å². The van der Waals surface area contributed by atoms with E-state index in [9.17, 15) is 4.79 Å². The number of benzene rings is 1. The SMILES string of the molecule is CCc1cc(C(=O)c2c(OC)cccc2OC)n(C)n1. The van der Waals surface area contributed by atoms with Crippen molar-refractivity contribution >= 4 is 5.78 Å². The molecular weight excluding hydrogens is 256 g/mol. The van der Waals surface area contributed by atoms with Crippen LogP contribution in [0.3, 0.4) is 0 Å². The van der Waals surface area contributed by atoms with Crippen molar-refractivity contribution in [3.63, 3.8) is 0 Å². The third-order valence-electron chi connectivity index (χ3n) is 3.18. The van der Waals surface area contributed by atoms with Crippen molar-refractivity contribution in [3.8, 4) is 11.5 Å². The van der Waals surface area contributed by atoms with Gasteiger partial charge >= 0.3 is 0 Å². The van der Waals surface area contributed by atoms with Gasteiger partial charge in [0.15, 0.2) is 0 Å². The van der Waals surface area contributed by atoms with E-state index in [4.69, 9.17) is 9.47 Å². The standard InChI is InChI=1S/C15H18N2O3/c1-5-10-9-11(17(2)16-10)15(18)14-12(19-3)7-6-8-13(14)20-4/h6-9H,5H2,1-4H3. The number of ether oxygens (including phenoxy) is 2. The maximum atomic E-state index is 12.7. The maximum Gasteiger partial charge on any atom is 0.218 e. The summed E-state index contributed by atoms with van der Waals surface area (Å²) in [5.41, 5.74) is 1.82. The van der Waals surface area contributed by atoms with Crippen molar-refractivity contribution in [1.82, 2.24) is 9.78 Å². The summed E-state index contributed by atoms with van der Waals surface area (Å²) in [6.07, 6.45) is 0.782. The van der Waals surface area contributed by atoms with E-state index in [1.807, 2.05) is 6.92 Å². The largest absolute Gasteiger partial charge is 0.496 e. The second-order valence-electron chi connectivity index (χ2n) is 4.36. The number of hydrogen-bond acceptors (Lipinski definition) is 4. The zero-order valence-corrected chi connectivity index (χ0v) is 12.1. The van der Waals surface area contributed by atoms with Crippen LogP contribution in [-0.4, -0.2) is 29.8 Å². The van der Waals surface area contributed by atoms with Crippen LogP contribution in [-0.2, 0) is 13.5 Å². The Morgan fingerprint density at radius 2 is 1.85 bits per heavy atom. The van der Waals surface area contributed by atoms with Crippen LogP contribution in [0.1, 0.15) is 28.7 Å². The van der Waals surface area contributed by atoms with Gasteiger partial charge in [0.05, 0.1) is 19.9 Å². The van der Waals surface area contributed by atoms with Crippen molar-refractivity contribution in [2.24, 2.45) is 7.05 Å². The van der Waals surface area contributed by atoms with Gasteiger partial charge in [-0.15, -0.1) is 0 Å². The van der Waals surface area contributed by atoms with Gasteiger partial charge in [0.1, 0.15) is 22.8 Å². The fourth-order valence-electron chi connectivity index (χ4n) is 2.11. The van der Waals surface area contributed by atoms with Crippen LogP contribution >= 0.6 is 0 Å². The highest BCUT2D eigenvalue weighted by Crippen LogP contribution is 2.30. The number of aryl methyl sites for hydroxylation is 2. The van der Waals surface area contributed by atoms with Crippen molar-refractivity contribution in [3.05, 3.63) is 41.2 Å². The molecule has 0 fully saturated rings. The molecule has 0 spiro atoms. The summed E-state index contributed by atoms with van der Waals surface area (Å²) < 4.78 is 12.1. The molecule has 0 aliphatic rings. The first kappa shape index (κ1) is 14.1. The summed E-state index contributed by atoms with van der Waals surface area (Å²) in [6.45, 7) is 2.00. The normalized spacial score (nSPS) is 10.4. The van der Waals surface area contributed by atoms with Gasteiger partial charge in [0.25, 0.3) is 0 Å². The lowest BCUT2D eigenvalue weighted by Gasteiger charge is -2.11. The summed E-state index contributed by atoms with van der Waals surface area (Å²) in [5.74, 6) is 0.830. The van der Waals surface area contributed by atoms with Crippen molar-refractivity contribution in [1.29, 1.82) is 0 Å². The summed E-state index contributed by atoms with van der Waals surface area (Å²) in [4.78, 5) is 12.7. The second-order valence-corrected chi connectivity index (χ2v) is 4.36. The molecule has 0 aliphatic heterocycles. The number of carbonyl (C=O) groups excluding carboxylic acids is 1. The van der Waals surface area contributed by atoms with E-state index in [1.54, 1.807) is 36.0 Å². The zero-order valence-electron chi connectivity index (χ0n) is 12.1. The van der Waals surface area contributed by atoms with Crippen LogP contribution < -0.4 is 9.47 Å². The van der Waals surface area contributed by atoms with Crippen molar-refractivity contribution in [2.75, 3.05) is 14.2 Å². The van der Waals surface area contributed by atoms with Crippen LogP contribution in [0, 0.1) is 0 Å². The molecule has 0 atom stereocenters. The molecule has 0 aliphatic carbocycles. The Balaban J connectivity index is 2.55. The molecule has 2 rings (SSSR count). The molecule has 0 unspecified atom stereocenters.